The molecule has 0 aromatic heterocycles. The van der Waals surface area contributed by atoms with Gasteiger partial charge in [0.25, 0.3) is 0 Å². The molecule has 0 unspecified atom stereocenters. The van der Waals surface area contributed by atoms with Crippen molar-refractivity contribution in [2.45, 2.75) is 26.3 Å². The molecule has 0 fully saturated rings. The zero-order valence-electron chi connectivity index (χ0n) is 6.33. The van der Waals surface area contributed by atoms with Crippen LogP contribution in [0.15, 0.2) is 0 Å². The molecule has 8 heavy (non-hydrogen) atoms. The van der Waals surface area contributed by atoms with Gasteiger partial charge in [-0.25, -0.2) is 0 Å². The fourth-order valence-electron chi connectivity index (χ4n) is 0.254. The molecule has 0 atom stereocenters. The van der Waals surface area contributed by atoms with Gasteiger partial charge >= 0.3 is 62.9 Å². The first kappa shape index (κ1) is 8.69. The van der Waals surface area contributed by atoms with Gasteiger partial charge in [-0.15, -0.1) is 0 Å². The Hall–Kier alpha value is 0.690. The molecule has 0 aromatic carbocycles. The molecular weight excluding hydrogens is 213 g/mol. The third-order valence-corrected chi connectivity index (χ3v) is 4.07. The first-order valence-corrected chi connectivity index (χ1v) is 5.84. The molecule has 0 amide bonds. The van der Waals surface area contributed by atoms with Crippen molar-refractivity contribution in [2.75, 3.05) is 12.0 Å². The van der Waals surface area contributed by atoms with Crippen LogP contribution in [0, 0.1) is 0 Å². The maximum atomic E-state index is 2.42. The van der Waals surface area contributed by atoms with Crippen LogP contribution in [0.2, 0.25) is 0 Å². The van der Waals surface area contributed by atoms with Gasteiger partial charge in [0.15, 0.2) is 0 Å². The molecule has 2 heteroatoms. The Morgan fingerprint density at radius 3 is 1.62 bits per heavy atom. The van der Waals surface area contributed by atoms with Crippen molar-refractivity contribution in [1.29, 1.82) is 0 Å². The van der Waals surface area contributed by atoms with Crippen molar-refractivity contribution in [3.63, 3.8) is 0 Å². The van der Waals surface area contributed by atoms with E-state index in [1.165, 1.54) is 0 Å². The van der Waals surface area contributed by atoms with Crippen molar-refractivity contribution in [3.8, 4) is 0 Å². The molecule has 0 aliphatic heterocycles. The summed E-state index contributed by atoms with van der Waals surface area (Å²) in [6, 6.07) is 0. The number of alkyl halides is 1. The number of nitrogens with zero attached hydrogens (tertiary/aromatic N) is 1. The van der Waals surface area contributed by atoms with Gasteiger partial charge in [-0.05, 0) is 0 Å². The van der Waals surface area contributed by atoms with E-state index in [1.54, 1.807) is 0 Å². The summed E-state index contributed by atoms with van der Waals surface area (Å²) >= 11 is 0.288. The van der Waals surface area contributed by atoms with E-state index in [-0.39, 0.29) is 21.5 Å². The minimum atomic E-state index is 0.288. The Labute approximate surface area is 63.1 Å². The van der Waals surface area contributed by atoms with Crippen LogP contribution < -0.4 is 21.5 Å². The zero-order valence-corrected chi connectivity index (χ0v) is 8.48. The number of hydrogen-bond acceptors (Lipinski definition) is 1. The van der Waals surface area contributed by atoms with Gasteiger partial charge in [0.05, 0.1) is 0 Å². The van der Waals surface area contributed by atoms with Gasteiger partial charge < -0.3 is 0 Å². The fraction of sp³-hybridized carbons (Fsp3) is 1.00. The molecule has 0 saturated heterocycles. The number of halogens is 1. The summed E-state index contributed by atoms with van der Waals surface area (Å²) in [5.74, 6) is 0. The Kier molecular flexibility index (Phi) is 3.27. The van der Waals surface area contributed by atoms with Crippen LogP contribution in [0.1, 0.15) is 20.8 Å². The van der Waals surface area contributed by atoms with Crippen molar-refractivity contribution < 1.29 is 21.5 Å². The fourth-order valence-corrected chi connectivity index (χ4v) is 1.70. The number of hydrogen-bond donors (Lipinski definition) is 0. The summed E-state index contributed by atoms with van der Waals surface area (Å²) in [4.78, 5) is 2.28. The van der Waals surface area contributed by atoms with E-state index in [9.17, 15) is 0 Å². The van der Waals surface area contributed by atoms with Crippen molar-refractivity contribution in [1.82, 2.24) is 3.11 Å². The van der Waals surface area contributed by atoms with Crippen LogP contribution in [0.4, 0.5) is 0 Å². The molecule has 1 nitrogen and oxygen atoms in total. The second-order valence-corrected chi connectivity index (χ2v) is 5.23. The van der Waals surface area contributed by atoms with Crippen LogP contribution in [0.5, 0.6) is 0 Å². The van der Waals surface area contributed by atoms with Gasteiger partial charge in [-0.1, -0.05) is 0 Å². The van der Waals surface area contributed by atoms with E-state index < -0.39 is 0 Å². The molecular formula is C6H15IN-. The van der Waals surface area contributed by atoms with E-state index in [2.05, 4.69) is 35.9 Å². The second-order valence-electron chi connectivity index (χ2n) is 2.82. The first-order chi connectivity index (χ1) is 3.48. The van der Waals surface area contributed by atoms with Crippen molar-refractivity contribution in [3.05, 3.63) is 0 Å². The molecule has 0 N–H and O–H groups in total. The van der Waals surface area contributed by atoms with Gasteiger partial charge in [-0.3, -0.25) is 0 Å². The average molecular weight is 228 g/mol. The van der Waals surface area contributed by atoms with Crippen LogP contribution in [-0.4, -0.2) is 20.6 Å². The van der Waals surface area contributed by atoms with E-state index >= 15 is 0 Å². The summed E-state index contributed by atoms with van der Waals surface area (Å²) < 4.78 is 2.42. The second kappa shape index (κ2) is 3.01. The van der Waals surface area contributed by atoms with Gasteiger partial charge in [0.1, 0.15) is 0 Å². The standard InChI is InChI=1S/C6H15IN/c1-6(2,3)8(5)7-4/h1-5H3/q-1. The maximum absolute atomic E-state index is 2.42. The van der Waals surface area contributed by atoms with Gasteiger partial charge in [0, 0.05) is 0 Å². The predicted octanol–water partition coefficient (Wildman–Crippen LogP) is -1.65. The summed E-state index contributed by atoms with van der Waals surface area (Å²) in [5.41, 5.74) is 0.391. The first-order valence-electron chi connectivity index (χ1n) is 2.72. The molecule has 0 radical (unpaired) electrons. The molecule has 0 aliphatic carbocycles. The van der Waals surface area contributed by atoms with Crippen LogP contribution in [-0.2, 0) is 0 Å². The zero-order chi connectivity index (χ0) is 6.78. The molecule has 0 aromatic rings. The Balaban J connectivity index is 3.62. The number of rotatable bonds is 1. The summed E-state index contributed by atoms with van der Waals surface area (Å²) in [6.07, 6.45) is 0. The van der Waals surface area contributed by atoms with Crippen LogP contribution >= 0.6 is 0 Å². The molecule has 0 rings (SSSR count). The normalized spacial score (nSPS) is 13.2. The molecule has 0 aliphatic rings. The molecule has 0 spiro atoms. The molecule has 52 valence electrons. The third kappa shape index (κ3) is 2.87. The van der Waals surface area contributed by atoms with E-state index in [4.69, 9.17) is 0 Å². The third-order valence-electron chi connectivity index (χ3n) is 1.18. The Morgan fingerprint density at radius 1 is 1.25 bits per heavy atom. The molecule has 0 heterocycles. The average Bonchev–Trinajstić information content (AvgIpc) is 1.62. The van der Waals surface area contributed by atoms with Gasteiger partial charge in [0.2, 0.25) is 0 Å². The summed E-state index contributed by atoms with van der Waals surface area (Å²) in [5, 5.41) is 0. The molecule has 0 saturated carbocycles. The van der Waals surface area contributed by atoms with Crippen LogP contribution in [0.3, 0.4) is 0 Å². The Bertz CT molecular complexity index is 65.4. The quantitative estimate of drug-likeness (QED) is 0.295. The summed E-state index contributed by atoms with van der Waals surface area (Å²) in [6.45, 7) is 6.74. The SMILES string of the molecule is C[I-]N(C)C(C)(C)C. The van der Waals surface area contributed by atoms with E-state index in [1.807, 2.05) is 0 Å². The minimum absolute atomic E-state index is 0.288. The van der Waals surface area contributed by atoms with E-state index in [0.717, 1.165) is 0 Å². The Morgan fingerprint density at radius 2 is 1.62 bits per heavy atom. The monoisotopic (exact) mass is 228 g/mol. The van der Waals surface area contributed by atoms with Crippen molar-refractivity contribution >= 4 is 0 Å². The van der Waals surface area contributed by atoms with E-state index in [0.29, 0.717) is 5.54 Å². The van der Waals surface area contributed by atoms with Gasteiger partial charge in [-0.2, -0.15) is 0 Å². The molecule has 0 bridgehead atoms. The summed E-state index contributed by atoms with van der Waals surface area (Å²) in [7, 11) is 2.19. The van der Waals surface area contributed by atoms with Crippen molar-refractivity contribution in [2.24, 2.45) is 0 Å². The predicted molar refractivity (Wildman–Crippen MR) is 33.4 cm³/mol. The van der Waals surface area contributed by atoms with Crippen LogP contribution in [0.25, 0.3) is 0 Å². The topological polar surface area (TPSA) is 3.24 Å².